The van der Waals surface area contributed by atoms with E-state index in [1.54, 1.807) is 4.90 Å². The van der Waals surface area contributed by atoms with E-state index in [0.29, 0.717) is 13.1 Å². The predicted octanol–water partition coefficient (Wildman–Crippen LogP) is 2.11. The minimum absolute atomic E-state index is 0.173. The smallest absolute Gasteiger partial charge is 0.236 e. The first-order chi connectivity index (χ1) is 10.6. The Balaban J connectivity index is 1.52. The van der Waals surface area contributed by atoms with Gasteiger partial charge in [-0.15, -0.1) is 0 Å². The molecule has 3 rings (SSSR count). The van der Waals surface area contributed by atoms with Crippen LogP contribution in [0, 0.1) is 5.92 Å². The van der Waals surface area contributed by atoms with Gasteiger partial charge in [-0.1, -0.05) is 13.0 Å². The summed E-state index contributed by atoms with van der Waals surface area (Å²) in [4.78, 5) is 16.4. The Labute approximate surface area is 131 Å². The summed E-state index contributed by atoms with van der Waals surface area (Å²) in [5.41, 5.74) is 1.06. The predicted molar refractivity (Wildman–Crippen MR) is 83.9 cm³/mol. The van der Waals surface area contributed by atoms with Crippen LogP contribution in [-0.4, -0.2) is 49.2 Å². The van der Waals surface area contributed by atoms with E-state index in [4.69, 9.17) is 9.47 Å². The minimum atomic E-state index is 0.173. The van der Waals surface area contributed by atoms with Crippen molar-refractivity contribution < 1.29 is 14.3 Å². The third-order valence-corrected chi connectivity index (χ3v) is 4.52. The SMILES string of the molecule is CC1CCN(CC(=O)N(C)Cc2ccc3c(c2)OCO3)CC1. The monoisotopic (exact) mass is 304 g/mol. The molecule has 2 aliphatic rings. The number of nitrogens with zero attached hydrogens (tertiary/aromatic N) is 2. The van der Waals surface area contributed by atoms with Crippen LogP contribution in [0.15, 0.2) is 18.2 Å². The molecule has 0 spiro atoms. The van der Waals surface area contributed by atoms with E-state index in [0.717, 1.165) is 36.1 Å². The van der Waals surface area contributed by atoms with Crippen LogP contribution in [0.1, 0.15) is 25.3 Å². The van der Waals surface area contributed by atoms with E-state index < -0.39 is 0 Å². The fraction of sp³-hybridized carbons (Fsp3) is 0.588. The summed E-state index contributed by atoms with van der Waals surface area (Å²) < 4.78 is 10.7. The van der Waals surface area contributed by atoms with E-state index in [9.17, 15) is 4.79 Å². The van der Waals surface area contributed by atoms with Crippen molar-refractivity contribution in [3.05, 3.63) is 23.8 Å². The number of rotatable bonds is 4. The number of carbonyl (C=O) groups is 1. The number of carbonyl (C=O) groups excluding carboxylic acids is 1. The van der Waals surface area contributed by atoms with Gasteiger partial charge in [0.2, 0.25) is 12.7 Å². The first-order valence-electron chi connectivity index (χ1n) is 7.96. The normalized spacial score (nSPS) is 18.5. The zero-order valence-electron chi connectivity index (χ0n) is 13.4. The van der Waals surface area contributed by atoms with Crippen molar-refractivity contribution in [2.45, 2.75) is 26.3 Å². The van der Waals surface area contributed by atoms with Crippen LogP contribution in [0.3, 0.4) is 0 Å². The number of ether oxygens (including phenoxy) is 2. The van der Waals surface area contributed by atoms with Gasteiger partial charge in [-0.3, -0.25) is 9.69 Å². The van der Waals surface area contributed by atoms with Gasteiger partial charge in [-0.2, -0.15) is 0 Å². The van der Waals surface area contributed by atoms with Gasteiger partial charge in [-0.05, 0) is 49.5 Å². The molecule has 0 bridgehead atoms. The number of hydrogen-bond acceptors (Lipinski definition) is 4. The molecule has 22 heavy (non-hydrogen) atoms. The van der Waals surface area contributed by atoms with Crippen molar-refractivity contribution >= 4 is 5.91 Å². The highest BCUT2D eigenvalue weighted by Crippen LogP contribution is 2.32. The highest BCUT2D eigenvalue weighted by Gasteiger charge is 2.20. The van der Waals surface area contributed by atoms with Crippen molar-refractivity contribution in [1.29, 1.82) is 0 Å². The first kappa shape index (κ1) is 15.2. The Kier molecular flexibility index (Phi) is 4.52. The van der Waals surface area contributed by atoms with Crippen molar-refractivity contribution in [1.82, 2.24) is 9.80 Å². The van der Waals surface area contributed by atoms with Gasteiger partial charge in [0.25, 0.3) is 0 Å². The van der Waals surface area contributed by atoms with Gasteiger partial charge < -0.3 is 14.4 Å². The summed E-state index contributed by atoms with van der Waals surface area (Å²) >= 11 is 0. The average molecular weight is 304 g/mol. The lowest BCUT2D eigenvalue weighted by molar-refractivity contribution is -0.132. The Hall–Kier alpha value is -1.75. The molecule has 120 valence electrons. The molecular weight excluding hydrogens is 280 g/mol. The second-order valence-corrected chi connectivity index (χ2v) is 6.40. The Morgan fingerprint density at radius 1 is 1.27 bits per heavy atom. The third-order valence-electron chi connectivity index (χ3n) is 4.52. The quantitative estimate of drug-likeness (QED) is 0.854. The van der Waals surface area contributed by atoms with E-state index >= 15 is 0 Å². The molecule has 0 aliphatic carbocycles. The summed E-state index contributed by atoms with van der Waals surface area (Å²) in [6.45, 7) is 5.74. The highest BCUT2D eigenvalue weighted by molar-refractivity contribution is 5.78. The molecule has 0 saturated carbocycles. The maximum Gasteiger partial charge on any atom is 0.236 e. The molecule has 1 amide bonds. The summed E-state index contributed by atoms with van der Waals surface area (Å²) in [6, 6.07) is 5.84. The van der Waals surface area contributed by atoms with Crippen LogP contribution >= 0.6 is 0 Å². The molecule has 0 radical (unpaired) electrons. The fourth-order valence-electron chi connectivity index (χ4n) is 2.93. The van der Waals surface area contributed by atoms with Crippen LogP contribution in [0.2, 0.25) is 0 Å². The molecule has 1 aromatic carbocycles. The van der Waals surface area contributed by atoms with Crippen molar-refractivity contribution in [2.24, 2.45) is 5.92 Å². The lowest BCUT2D eigenvalue weighted by atomic mass is 9.99. The number of likely N-dealkylation sites (tertiary alicyclic amines) is 1. The Bertz CT molecular complexity index is 539. The third kappa shape index (κ3) is 3.53. The van der Waals surface area contributed by atoms with Crippen LogP contribution < -0.4 is 9.47 Å². The van der Waals surface area contributed by atoms with Crippen molar-refractivity contribution in [2.75, 3.05) is 33.5 Å². The van der Waals surface area contributed by atoms with Crippen LogP contribution in [0.4, 0.5) is 0 Å². The summed E-state index contributed by atoms with van der Waals surface area (Å²) in [6.07, 6.45) is 2.39. The number of amides is 1. The largest absolute Gasteiger partial charge is 0.454 e. The van der Waals surface area contributed by atoms with E-state index in [-0.39, 0.29) is 12.7 Å². The number of hydrogen-bond donors (Lipinski definition) is 0. The molecule has 0 N–H and O–H groups in total. The van der Waals surface area contributed by atoms with Gasteiger partial charge in [0.15, 0.2) is 11.5 Å². The highest BCUT2D eigenvalue weighted by atomic mass is 16.7. The van der Waals surface area contributed by atoms with Gasteiger partial charge in [0, 0.05) is 13.6 Å². The zero-order chi connectivity index (χ0) is 15.5. The van der Waals surface area contributed by atoms with Crippen LogP contribution in [0.25, 0.3) is 0 Å². The number of fused-ring (bicyclic) bond motifs is 1. The van der Waals surface area contributed by atoms with Gasteiger partial charge in [0.05, 0.1) is 6.54 Å². The molecule has 0 atom stereocenters. The summed E-state index contributed by atoms with van der Waals surface area (Å²) in [5.74, 6) is 2.51. The van der Waals surface area contributed by atoms with Crippen molar-refractivity contribution in [3.8, 4) is 11.5 Å². The second kappa shape index (κ2) is 6.57. The van der Waals surface area contributed by atoms with Gasteiger partial charge in [-0.25, -0.2) is 0 Å². The topological polar surface area (TPSA) is 42.0 Å². The van der Waals surface area contributed by atoms with E-state index in [2.05, 4.69) is 11.8 Å². The van der Waals surface area contributed by atoms with Crippen LogP contribution in [-0.2, 0) is 11.3 Å². The molecule has 5 nitrogen and oxygen atoms in total. The maximum atomic E-state index is 12.4. The summed E-state index contributed by atoms with van der Waals surface area (Å²) in [5, 5.41) is 0. The molecule has 2 heterocycles. The number of benzene rings is 1. The Morgan fingerprint density at radius 3 is 2.77 bits per heavy atom. The number of piperidine rings is 1. The molecule has 0 unspecified atom stereocenters. The fourth-order valence-corrected chi connectivity index (χ4v) is 2.93. The maximum absolute atomic E-state index is 12.4. The molecule has 1 aromatic rings. The van der Waals surface area contributed by atoms with Crippen molar-refractivity contribution in [3.63, 3.8) is 0 Å². The standard InChI is InChI=1S/C17H24N2O3/c1-13-5-7-19(8-6-13)11-17(20)18(2)10-14-3-4-15-16(9-14)22-12-21-15/h3-4,9,13H,5-8,10-12H2,1-2H3. The molecule has 1 saturated heterocycles. The lowest BCUT2D eigenvalue weighted by Gasteiger charge is -2.31. The van der Waals surface area contributed by atoms with E-state index in [1.165, 1.54) is 12.8 Å². The molecule has 1 fully saturated rings. The number of likely N-dealkylation sites (N-methyl/N-ethyl adjacent to an activating group) is 1. The Morgan fingerprint density at radius 2 is 2.00 bits per heavy atom. The minimum Gasteiger partial charge on any atom is -0.454 e. The van der Waals surface area contributed by atoms with Crippen LogP contribution in [0.5, 0.6) is 11.5 Å². The second-order valence-electron chi connectivity index (χ2n) is 6.40. The van der Waals surface area contributed by atoms with Gasteiger partial charge >= 0.3 is 0 Å². The first-order valence-corrected chi connectivity index (χ1v) is 7.96. The lowest BCUT2D eigenvalue weighted by Crippen LogP contribution is -2.41. The molecule has 2 aliphatic heterocycles. The molecule has 0 aromatic heterocycles. The zero-order valence-corrected chi connectivity index (χ0v) is 13.4. The van der Waals surface area contributed by atoms with E-state index in [1.807, 2.05) is 25.2 Å². The molecule has 5 heteroatoms. The van der Waals surface area contributed by atoms with Gasteiger partial charge in [0.1, 0.15) is 0 Å². The molecular formula is C17H24N2O3. The average Bonchev–Trinajstić information content (AvgIpc) is 2.97. The summed E-state index contributed by atoms with van der Waals surface area (Å²) in [7, 11) is 1.86.